The van der Waals surface area contributed by atoms with E-state index in [4.69, 9.17) is 9.47 Å². The van der Waals surface area contributed by atoms with E-state index in [9.17, 15) is 18.5 Å². The third kappa shape index (κ3) is 5.81. The van der Waals surface area contributed by atoms with Crippen molar-refractivity contribution in [3.63, 3.8) is 0 Å². The van der Waals surface area contributed by atoms with E-state index in [1.54, 1.807) is 18.2 Å². The van der Waals surface area contributed by atoms with Gasteiger partial charge in [-0.2, -0.15) is 9.41 Å². The SMILES string of the molecule is COc1cc(C=NNc2ccc(S(=O)(=O)N3CCCC3)cc2[N+](=O)[O-])ccc1OCc1ccccc1. The first-order valence-electron chi connectivity index (χ1n) is 11.3. The summed E-state index contributed by atoms with van der Waals surface area (Å²) in [6, 6.07) is 18.8. The molecule has 1 saturated heterocycles. The van der Waals surface area contributed by atoms with Crippen LogP contribution in [0.5, 0.6) is 11.5 Å². The topological polar surface area (TPSA) is 123 Å². The minimum atomic E-state index is -3.77. The number of nitrogens with one attached hydrogen (secondary N) is 1. The second-order valence-electron chi connectivity index (χ2n) is 8.10. The lowest BCUT2D eigenvalue weighted by Gasteiger charge is -2.15. The Morgan fingerprint density at radius 1 is 1.06 bits per heavy atom. The molecule has 1 fully saturated rings. The molecule has 0 saturated carbocycles. The number of sulfonamides is 1. The van der Waals surface area contributed by atoms with Gasteiger partial charge >= 0.3 is 0 Å². The van der Waals surface area contributed by atoms with E-state index in [1.165, 1.54) is 29.8 Å². The first kappa shape index (κ1) is 25.1. The molecule has 3 aromatic rings. The normalized spacial score (nSPS) is 14.1. The second-order valence-corrected chi connectivity index (χ2v) is 10.0. The van der Waals surface area contributed by atoms with Crippen LogP contribution in [0.1, 0.15) is 24.0 Å². The summed E-state index contributed by atoms with van der Waals surface area (Å²) in [4.78, 5) is 10.9. The highest BCUT2D eigenvalue weighted by Crippen LogP contribution is 2.31. The van der Waals surface area contributed by atoms with Gasteiger partial charge in [-0.3, -0.25) is 15.5 Å². The number of ether oxygens (including phenoxy) is 2. The Labute approximate surface area is 209 Å². The van der Waals surface area contributed by atoms with Crippen LogP contribution in [0.2, 0.25) is 0 Å². The Bertz CT molecular complexity index is 1360. The van der Waals surface area contributed by atoms with Crippen LogP contribution in [0.4, 0.5) is 11.4 Å². The number of rotatable bonds is 10. The predicted molar refractivity (Wildman–Crippen MR) is 136 cm³/mol. The fraction of sp³-hybridized carbons (Fsp3) is 0.240. The van der Waals surface area contributed by atoms with E-state index < -0.39 is 14.9 Å². The summed E-state index contributed by atoms with van der Waals surface area (Å²) in [5, 5.41) is 15.7. The lowest BCUT2D eigenvalue weighted by atomic mass is 10.2. The van der Waals surface area contributed by atoms with Gasteiger partial charge in [-0.25, -0.2) is 8.42 Å². The summed E-state index contributed by atoms with van der Waals surface area (Å²) in [5.74, 6) is 1.08. The lowest BCUT2D eigenvalue weighted by Crippen LogP contribution is -2.27. The zero-order chi connectivity index (χ0) is 25.5. The van der Waals surface area contributed by atoms with Gasteiger partial charge in [0.15, 0.2) is 11.5 Å². The highest BCUT2D eigenvalue weighted by Gasteiger charge is 2.29. The highest BCUT2D eigenvalue weighted by molar-refractivity contribution is 7.89. The van der Waals surface area contributed by atoms with Gasteiger partial charge in [-0.15, -0.1) is 0 Å². The van der Waals surface area contributed by atoms with Gasteiger partial charge < -0.3 is 9.47 Å². The van der Waals surface area contributed by atoms with E-state index in [0.29, 0.717) is 36.8 Å². The summed E-state index contributed by atoms with van der Waals surface area (Å²) in [6.07, 6.45) is 3.03. The molecular formula is C25H26N4O6S. The van der Waals surface area contributed by atoms with Crippen LogP contribution in [-0.4, -0.2) is 44.1 Å². The number of nitro benzene ring substituents is 1. The highest BCUT2D eigenvalue weighted by atomic mass is 32.2. The molecule has 3 aromatic carbocycles. The third-order valence-electron chi connectivity index (χ3n) is 5.69. The molecule has 0 radical (unpaired) electrons. The first-order valence-corrected chi connectivity index (χ1v) is 12.7. The van der Waals surface area contributed by atoms with Crippen LogP contribution in [-0.2, 0) is 16.6 Å². The van der Waals surface area contributed by atoms with Crippen LogP contribution in [0.3, 0.4) is 0 Å². The van der Waals surface area contributed by atoms with Crippen molar-refractivity contribution in [2.24, 2.45) is 5.10 Å². The van der Waals surface area contributed by atoms with Crippen LogP contribution in [0, 0.1) is 10.1 Å². The molecule has 4 rings (SSSR count). The maximum absolute atomic E-state index is 12.8. The molecule has 11 heteroatoms. The number of hydrazone groups is 1. The van der Waals surface area contributed by atoms with Crippen LogP contribution in [0.25, 0.3) is 0 Å². The Balaban J connectivity index is 1.47. The molecular weight excluding hydrogens is 484 g/mol. The Kier molecular flexibility index (Phi) is 7.81. The Hall–Kier alpha value is -3.96. The summed E-state index contributed by atoms with van der Waals surface area (Å²) >= 11 is 0. The van der Waals surface area contributed by atoms with Crippen LogP contribution < -0.4 is 14.9 Å². The van der Waals surface area contributed by atoms with Crippen molar-refractivity contribution >= 4 is 27.6 Å². The number of benzene rings is 3. The van der Waals surface area contributed by atoms with Crippen LogP contribution in [0.15, 0.2) is 76.7 Å². The molecule has 188 valence electrons. The second kappa shape index (κ2) is 11.2. The number of hydrogen-bond acceptors (Lipinski definition) is 8. The number of hydrogen-bond donors (Lipinski definition) is 1. The van der Waals surface area contributed by atoms with Gasteiger partial charge in [0.1, 0.15) is 12.3 Å². The average molecular weight is 511 g/mol. The van der Waals surface area contributed by atoms with E-state index >= 15 is 0 Å². The molecule has 10 nitrogen and oxygen atoms in total. The van der Waals surface area contributed by atoms with E-state index in [2.05, 4.69) is 10.5 Å². The van der Waals surface area contributed by atoms with Crippen molar-refractivity contribution in [1.29, 1.82) is 0 Å². The Morgan fingerprint density at radius 2 is 1.81 bits per heavy atom. The fourth-order valence-electron chi connectivity index (χ4n) is 3.79. The van der Waals surface area contributed by atoms with E-state index in [-0.39, 0.29) is 16.3 Å². The quantitative estimate of drug-likeness (QED) is 0.243. The monoisotopic (exact) mass is 510 g/mol. The molecule has 1 aliphatic heterocycles. The van der Waals surface area contributed by atoms with Gasteiger partial charge in [0.2, 0.25) is 10.0 Å². The number of methoxy groups -OCH3 is 1. The zero-order valence-electron chi connectivity index (χ0n) is 19.7. The molecule has 36 heavy (non-hydrogen) atoms. The number of nitro groups is 1. The van der Waals surface area contributed by atoms with Crippen LogP contribution >= 0.6 is 0 Å². The molecule has 0 amide bonds. The standard InChI is InChI=1S/C25H26N4O6S/c1-34-25-15-20(9-12-24(25)35-18-19-7-3-2-4-8-19)17-26-27-22-11-10-21(16-23(22)29(30)31)36(32,33)28-13-5-6-14-28/h2-4,7-12,15-17,27H,5-6,13-14,18H2,1H3. The van der Waals surface area contributed by atoms with Crippen molar-refractivity contribution in [1.82, 2.24) is 4.31 Å². The first-order chi connectivity index (χ1) is 17.4. The third-order valence-corrected chi connectivity index (χ3v) is 7.59. The van der Waals surface area contributed by atoms with Crippen molar-refractivity contribution < 1.29 is 22.8 Å². The smallest absolute Gasteiger partial charge is 0.295 e. The zero-order valence-corrected chi connectivity index (χ0v) is 20.5. The molecule has 0 aromatic heterocycles. The molecule has 0 unspecified atom stereocenters. The van der Waals surface area contributed by atoms with E-state index in [1.807, 2.05) is 30.3 Å². The van der Waals surface area contributed by atoms with Crippen molar-refractivity contribution in [3.8, 4) is 11.5 Å². The summed E-state index contributed by atoms with van der Waals surface area (Å²) in [5.41, 5.74) is 4.02. The van der Waals surface area contributed by atoms with Gasteiger partial charge in [-0.05, 0) is 54.3 Å². The van der Waals surface area contributed by atoms with Crippen molar-refractivity contribution in [3.05, 3.63) is 88.0 Å². The predicted octanol–water partition coefficient (Wildman–Crippen LogP) is 4.41. The van der Waals surface area contributed by atoms with Gasteiger partial charge in [-0.1, -0.05) is 30.3 Å². The molecule has 0 bridgehead atoms. The van der Waals surface area contributed by atoms with Crippen molar-refractivity contribution in [2.75, 3.05) is 25.6 Å². The molecule has 0 spiro atoms. The Morgan fingerprint density at radius 3 is 2.50 bits per heavy atom. The molecule has 0 atom stereocenters. The van der Waals surface area contributed by atoms with Crippen molar-refractivity contribution in [2.45, 2.75) is 24.3 Å². The summed E-state index contributed by atoms with van der Waals surface area (Å²) in [7, 11) is -2.24. The molecule has 1 heterocycles. The van der Waals surface area contributed by atoms with Gasteiger partial charge in [0.05, 0.1) is 23.1 Å². The molecule has 1 aliphatic rings. The summed E-state index contributed by atoms with van der Waals surface area (Å²) < 4.78 is 38.1. The minimum Gasteiger partial charge on any atom is -0.493 e. The fourth-order valence-corrected chi connectivity index (χ4v) is 5.33. The number of anilines is 1. The minimum absolute atomic E-state index is 0.0754. The number of nitrogens with zero attached hydrogens (tertiary/aromatic N) is 3. The van der Waals surface area contributed by atoms with Gasteiger partial charge in [0.25, 0.3) is 5.69 Å². The molecule has 0 aliphatic carbocycles. The molecule has 1 N–H and O–H groups in total. The lowest BCUT2D eigenvalue weighted by molar-refractivity contribution is -0.384. The summed E-state index contributed by atoms with van der Waals surface area (Å²) in [6.45, 7) is 1.22. The van der Waals surface area contributed by atoms with Gasteiger partial charge in [0, 0.05) is 19.2 Å². The maximum Gasteiger partial charge on any atom is 0.295 e. The average Bonchev–Trinajstić information content (AvgIpc) is 3.44. The largest absolute Gasteiger partial charge is 0.493 e. The van der Waals surface area contributed by atoms with E-state index in [0.717, 1.165) is 24.5 Å². The maximum atomic E-state index is 12.8.